The first-order valence-electron chi connectivity index (χ1n) is 10.6. The van der Waals surface area contributed by atoms with Crippen molar-refractivity contribution in [1.29, 1.82) is 0 Å². The third kappa shape index (κ3) is 3.58. The first kappa shape index (κ1) is 20.5. The van der Waals surface area contributed by atoms with Crippen LogP contribution < -0.4 is 10.6 Å². The highest BCUT2D eigenvalue weighted by Gasteiger charge is 2.51. The highest BCUT2D eigenvalue weighted by atomic mass is 16.3. The van der Waals surface area contributed by atoms with Gasteiger partial charge in [-0.2, -0.15) is 0 Å². The van der Waals surface area contributed by atoms with Gasteiger partial charge in [-0.1, -0.05) is 26.8 Å². The highest BCUT2D eigenvalue weighted by molar-refractivity contribution is 6.02. The van der Waals surface area contributed by atoms with E-state index in [-0.39, 0.29) is 23.1 Å². The Bertz CT molecular complexity index is 1100. The van der Waals surface area contributed by atoms with Gasteiger partial charge in [0.05, 0.1) is 5.41 Å². The van der Waals surface area contributed by atoms with Gasteiger partial charge < -0.3 is 20.7 Å². The molecule has 4 N–H and O–H groups in total. The molecule has 2 aromatic carbocycles. The van der Waals surface area contributed by atoms with Gasteiger partial charge in [0.25, 0.3) is 0 Å². The summed E-state index contributed by atoms with van der Waals surface area (Å²) >= 11 is 0. The zero-order chi connectivity index (χ0) is 21.7. The fourth-order valence-corrected chi connectivity index (χ4v) is 3.99. The molecule has 0 bridgehead atoms. The van der Waals surface area contributed by atoms with E-state index in [0.29, 0.717) is 0 Å². The largest absolute Gasteiger partial charge is 0.508 e. The van der Waals surface area contributed by atoms with Crippen molar-refractivity contribution in [3.05, 3.63) is 59.3 Å². The number of H-pyrrole nitrogens is 1. The molecule has 5 nitrogen and oxygen atoms in total. The molecule has 1 aromatic heterocycles. The number of amides is 1. The van der Waals surface area contributed by atoms with E-state index in [1.807, 2.05) is 44.3 Å². The summed E-state index contributed by atoms with van der Waals surface area (Å²) in [5.74, 6) is 0.270. The monoisotopic (exact) mass is 405 g/mol. The minimum atomic E-state index is -0.514. The number of hydrogen-bond acceptors (Lipinski definition) is 3. The van der Waals surface area contributed by atoms with Crippen molar-refractivity contribution in [2.45, 2.75) is 57.4 Å². The average Bonchev–Trinajstić information content (AvgIpc) is 3.39. The van der Waals surface area contributed by atoms with Gasteiger partial charge in [-0.15, -0.1) is 0 Å². The second kappa shape index (κ2) is 7.17. The van der Waals surface area contributed by atoms with Crippen molar-refractivity contribution in [2.75, 3.05) is 12.4 Å². The molecule has 1 heterocycles. The van der Waals surface area contributed by atoms with Gasteiger partial charge in [0.15, 0.2) is 0 Å². The van der Waals surface area contributed by atoms with E-state index >= 15 is 0 Å². The minimum Gasteiger partial charge on any atom is -0.508 e. The van der Waals surface area contributed by atoms with Crippen LogP contribution in [0.1, 0.15) is 63.4 Å². The molecule has 1 saturated carbocycles. The Kier molecular flexibility index (Phi) is 4.89. The molecule has 1 atom stereocenters. The molecule has 1 aliphatic carbocycles. The van der Waals surface area contributed by atoms with E-state index in [1.54, 1.807) is 6.07 Å². The number of nitrogens with one attached hydrogen (secondary N) is 3. The zero-order valence-electron chi connectivity index (χ0n) is 18.4. The number of fused-ring (bicyclic) bond motifs is 1. The van der Waals surface area contributed by atoms with Crippen molar-refractivity contribution in [3.63, 3.8) is 0 Å². The van der Waals surface area contributed by atoms with Crippen LogP contribution in [0.4, 0.5) is 5.69 Å². The number of aromatic hydroxyl groups is 1. The molecular formula is C25H31N3O2. The third-order valence-electron chi connectivity index (χ3n) is 6.35. The molecule has 0 aliphatic heterocycles. The Balaban J connectivity index is 1.59. The molecule has 4 rings (SSSR count). The van der Waals surface area contributed by atoms with Crippen molar-refractivity contribution in [3.8, 4) is 5.75 Å². The van der Waals surface area contributed by atoms with Crippen molar-refractivity contribution in [1.82, 2.24) is 10.3 Å². The summed E-state index contributed by atoms with van der Waals surface area (Å²) < 4.78 is 0. The first-order valence-corrected chi connectivity index (χ1v) is 10.6. The number of hydrogen-bond donors (Lipinski definition) is 4. The van der Waals surface area contributed by atoms with Crippen LogP contribution in [0.25, 0.3) is 10.9 Å². The molecule has 5 heteroatoms. The topological polar surface area (TPSA) is 77.2 Å². The van der Waals surface area contributed by atoms with Crippen LogP contribution in [0.2, 0.25) is 0 Å². The predicted molar refractivity (Wildman–Crippen MR) is 122 cm³/mol. The lowest BCUT2D eigenvalue weighted by Gasteiger charge is -2.19. The summed E-state index contributed by atoms with van der Waals surface area (Å²) in [5, 5.41) is 17.6. The number of anilines is 1. The van der Waals surface area contributed by atoms with E-state index in [4.69, 9.17) is 0 Å². The normalized spacial score (nSPS) is 16.4. The van der Waals surface area contributed by atoms with Gasteiger partial charge in [-0.25, -0.2) is 0 Å². The molecule has 30 heavy (non-hydrogen) atoms. The van der Waals surface area contributed by atoms with Crippen LogP contribution in [0.5, 0.6) is 5.75 Å². The molecule has 1 aliphatic rings. The second-order valence-corrected chi connectivity index (χ2v) is 9.56. The van der Waals surface area contributed by atoms with Crippen molar-refractivity contribution >= 4 is 22.5 Å². The molecule has 1 fully saturated rings. The van der Waals surface area contributed by atoms with Gasteiger partial charge in [-0.3, -0.25) is 4.79 Å². The zero-order valence-corrected chi connectivity index (χ0v) is 18.4. The SMILES string of the molecule is CNC(C)c1cc(C2(C(=O)Nc3ccc4[nH]c(C(C)(C)C)cc4c3)CC2)ccc1O. The number of carbonyl (C=O) groups is 1. The van der Waals surface area contributed by atoms with Crippen LogP contribution >= 0.6 is 0 Å². The van der Waals surface area contributed by atoms with Crippen molar-refractivity contribution < 1.29 is 9.90 Å². The number of carbonyl (C=O) groups excluding carboxylic acids is 1. The van der Waals surface area contributed by atoms with Crippen LogP contribution in [0.15, 0.2) is 42.5 Å². The smallest absolute Gasteiger partial charge is 0.235 e. The minimum absolute atomic E-state index is 0.0109. The maximum absolute atomic E-state index is 13.2. The lowest BCUT2D eigenvalue weighted by molar-refractivity contribution is -0.118. The summed E-state index contributed by atoms with van der Waals surface area (Å²) in [7, 11) is 1.86. The molecule has 1 unspecified atom stereocenters. The molecule has 0 saturated heterocycles. The fourth-order valence-electron chi connectivity index (χ4n) is 3.99. The Labute approximate surface area is 177 Å². The predicted octanol–water partition coefficient (Wildman–Crippen LogP) is 5.12. The lowest BCUT2D eigenvalue weighted by Crippen LogP contribution is -2.28. The Hall–Kier alpha value is -2.79. The van der Waals surface area contributed by atoms with Gasteiger partial charge in [0.2, 0.25) is 5.91 Å². The lowest BCUT2D eigenvalue weighted by atomic mass is 9.91. The number of phenols is 1. The Morgan fingerprint density at radius 2 is 1.87 bits per heavy atom. The summed E-state index contributed by atoms with van der Waals surface area (Å²) in [5.41, 5.74) is 4.37. The summed E-state index contributed by atoms with van der Waals surface area (Å²) in [4.78, 5) is 16.7. The summed E-state index contributed by atoms with van der Waals surface area (Å²) in [6.07, 6.45) is 1.63. The molecule has 0 spiro atoms. The molecular weight excluding hydrogens is 374 g/mol. The number of aromatic amines is 1. The molecule has 158 valence electrons. The first-order chi connectivity index (χ1) is 14.1. The van der Waals surface area contributed by atoms with Gasteiger partial charge in [0.1, 0.15) is 5.75 Å². The standard InChI is InChI=1S/C25H31N3O2/c1-15(26-5)19-14-17(6-9-21(19)29)25(10-11-25)23(30)27-18-7-8-20-16(12-18)13-22(28-20)24(2,3)4/h6-9,12-15,26,28-29H,10-11H2,1-5H3,(H,27,30). The number of rotatable bonds is 5. The third-order valence-corrected chi connectivity index (χ3v) is 6.35. The number of benzene rings is 2. The fraction of sp³-hybridized carbons (Fsp3) is 0.400. The average molecular weight is 406 g/mol. The van der Waals surface area contributed by atoms with Crippen LogP contribution in [0.3, 0.4) is 0 Å². The highest BCUT2D eigenvalue weighted by Crippen LogP contribution is 2.50. The Morgan fingerprint density at radius 1 is 1.13 bits per heavy atom. The van der Waals surface area contributed by atoms with Crippen LogP contribution in [-0.2, 0) is 15.6 Å². The van der Waals surface area contributed by atoms with Gasteiger partial charge in [0, 0.05) is 39.3 Å². The summed E-state index contributed by atoms with van der Waals surface area (Å²) in [6.45, 7) is 8.53. The summed E-state index contributed by atoms with van der Waals surface area (Å²) in [6, 6.07) is 13.7. The van der Waals surface area contributed by atoms with Crippen molar-refractivity contribution in [2.24, 2.45) is 0 Å². The van der Waals surface area contributed by atoms with E-state index in [9.17, 15) is 9.90 Å². The van der Waals surface area contributed by atoms with Gasteiger partial charge >= 0.3 is 0 Å². The van der Waals surface area contributed by atoms with Gasteiger partial charge in [-0.05, 0) is 68.8 Å². The van der Waals surface area contributed by atoms with E-state index < -0.39 is 5.41 Å². The molecule has 0 radical (unpaired) electrons. The number of aromatic nitrogens is 1. The van der Waals surface area contributed by atoms with E-state index in [1.165, 1.54) is 5.69 Å². The molecule has 3 aromatic rings. The van der Waals surface area contributed by atoms with Crippen LogP contribution in [0, 0.1) is 0 Å². The quantitative estimate of drug-likeness (QED) is 0.476. The maximum Gasteiger partial charge on any atom is 0.235 e. The van der Waals surface area contributed by atoms with E-state index in [0.717, 1.165) is 40.6 Å². The maximum atomic E-state index is 13.2. The molecule has 1 amide bonds. The van der Waals surface area contributed by atoms with E-state index in [2.05, 4.69) is 42.5 Å². The second-order valence-electron chi connectivity index (χ2n) is 9.56. The Morgan fingerprint density at radius 3 is 2.50 bits per heavy atom. The number of phenolic OH excluding ortho intramolecular Hbond substituents is 1. The van der Waals surface area contributed by atoms with Crippen LogP contribution in [-0.4, -0.2) is 23.0 Å².